The number of aromatic nitrogens is 4. The highest BCUT2D eigenvalue weighted by atomic mass is 19.3. The number of benzene rings is 2. The first-order valence-electron chi connectivity index (χ1n) is 23.0. The van der Waals surface area contributed by atoms with Crippen LogP contribution in [0.3, 0.4) is 0 Å². The Bertz CT molecular complexity index is 2730. The number of rotatable bonds is 21. The summed E-state index contributed by atoms with van der Waals surface area (Å²) in [5, 5.41) is 12.0. The Hall–Kier alpha value is -7.23. The van der Waals surface area contributed by atoms with Crippen molar-refractivity contribution < 1.29 is 51.4 Å². The van der Waals surface area contributed by atoms with Gasteiger partial charge in [-0.2, -0.15) is 5.10 Å². The SMILES string of the molecule is O=C1CCC(N2C(=O)c3cccc(N4CCN(CCOCCOCCCC(=O)c5ccc(-n6cc(NC(=O)c7coc(-c8ccnc(NCC9CC9)c8)n7)c(C(F)F)n6)cc5)CC4)c3C2=O)C(=O)N1. The van der Waals surface area contributed by atoms with Gasteiger partial charge in [-0.15, -0.1) is 0 Å². The molecule has 5 amide bonds. The van der Waals surface area contributed by atoms with Crippen LogP contribution >= 0.6 is 0 Å². The number of hydrogen-bond donors (Lipinski definition) is 3. The summed E-state index contributed by atoms with van der Waals surface area (Å²) in [6.45, 7) is 5.76. The minimum atomic E-state index is -2.99. The van der Waals surface area contributed by atoms with Gasteiger partial charge in [0.2, 0.25) is 17.7 Å². The standard InChI is InChI=1S/C48H50F2N10O9/c49-43(50)42-34(53-44(63)35-28-69-46(54-35)31-14-15-51-39(25-31)52-26-29-6-7-29)27-59(56-42)32-10-8-30(9-11-32)38(61)5-2-21-67-23-24-68-22-20-57-16-18-58(19-17-57)36-4-1-3-33-41(36)48(66)60(47(33)65)37-12-13-40(62)55-45(37)64/h1,3-4,8-11,14-15,25,27-29,37,43H,2,5-7,12-13,16-24,26H2,(H,51,52)(H,53,63)(H,55,62,64). The van der Waals surface area contributed by atoms with Gasteiger partial charge in [0.25, 0.3) is 24.1 Å². The second-order valence-electron chi connectivity index (χ2n) is 17.2. The predicted molar refractivity (Wildman–Crippen MR) is 244 cm³/mol. The summed E-state index contributed by atoms with van der Waals surface area (Å²) in [6.07, 6.45) is 4.29. The van der Waals surface area contributed by atoms with Crippen molar-refractivity contribution in [2.24, 2.45) is 5.92 Å². The zero-order valence-electron chi connectivity index (χ0n) is 37.5. The third kappa shape index (κ3) is 10.9. The zero-order valence-corrected chi connectivity index (χ0v) is 37.5. The molecule has 3 N–H and O–H groups in total. The van der Waals surface area contributed by atoms with E-state index in [4.69, 9.17) is 13.9 Å². The number of alkyl halides is 2. The van der Waals surface area contributed by atoms with Crippen molar-refractivity contribution in [1.82, 2.24) is 34.9 Å². The van der Waals surface area contributed by atoms with E-state index in [0.717, 1.165) is 17.7 Å². The molecule has 5 aromatic rings. The predicted octanol–water partition coefficient (Wildman–Crippen LogP) is 5.15. The van der Waals surface area contributed by atoms with Crippen LogP contribution in [0.2, 0.25) is 0 Å². The fourth-order valence-electron chi connectivity index (χ4n) is 8.47. The van der Waals surface area contributed by atoms with E-state index < -0.39 is 47.7 Å². The van der Waals surface area contributed by atoms with E-state index >= 15 is 0 Å². The minimum Gasteiger partial charge on any atom is -0.444 e. The zero-order chi connectivity index (χ0) is 48.0. The van der Waals surface area contributed by atoms with Gasteiger partial charge in [0.1, 0.15) is 18.1 Å². The number of ketones is 1. The van der Waals surface area contributed by atoms with Crippen LogP contribution in [0, 0.1) is 5.92 Å². The van der Waals surface area contributed by atoms with Crippen LogP contribution in [0.25, 0.3) is 17.1 Å². The Morgan fingerprint density at radius 1 is 0.913 bits per heavy atom. The Kier molecular flexibility index (Phi) is 14.2. The van der Waals surface area contributed by atoms with Crippen LogP contribution in [0.4, 0.5) is 26.0 Å². The number of imide groups is 2. The number of hydrogen-bond acceptors (Lipinski definition) is 15. The number of Topliss-reactive ketones (excluding diaryl/α,β-unsaturated/α-hetero) is 1. The number of piperidine rings is 1. The van der Waals surface area contributed by atoms with Crippen molar-refractivity contribution in [1.29, 1.82) is 0 Å². The van der Waals surface area contributed by atoms with Crippen molar-refractivity contribution in [2.75, 3.05) is 81.2 Å². The molecule has 19 nitrogen and oxygen atoms in total. The summed E-state index contributed by atoms with van der Waals surface area (Å²) < 4.78 is 46.4. The molecule has 0 bridgehead atoms. The van der Waals surface area contributed by atoms with Gasteiger partial charge in [0.15, 0.2) is 17.2 Å². The van der Waals surface area contributed by atoms with Crippen LogP contribution in [-0.2, 0) is 19.1 Å². The summed E-state index contributed by atoms with van der Waals surface area (Å²) in [7, 11) is 0. The van der Waals surface area contributed by atoms with E-state index in [-0.39, 0.29) is 53.4 Å². The smallest absolute Gasteiger partial charge is 0.284 e. The monoisotopic (exact) mass is 948 g/mol. The molecule has 1 saturated carbocycles. The molecule has 3 aliphatic heterocycles. The van der Waals surface area contributed by atoms with Crippen molar-refractivity contribution in [3.05, 3.63) is 101 Å². The molecule has 9 rings (SSSR count). The largest absolute Gasteiger partial charge is 0.444 e. The van der Waals surface area contributed by atoms with Gasteiger partial charge >= 0.3 is 0 Å². The molecule has 0 radical (unpaired) electrons. The van der Waals surface area contributed by atoms with Gasteiger partial charge in [-0.3, -0.25) is 43.9 Å². The molecule has 1 unspecified atom stereocenters. The average molecular weight is 949 g/mol. The van der Waals surface area contributed by atoms with E-state index in [9.17, 15) is 37.5 Å². The Morgan fingerprint density at radius 3 is 2.45 bits per heavy atom. The number of piperazine rings is 1. The Balaban J connectivity index is 0.664. The third-order valence-electron chi connectivity index (χ3n) is 12.4. The van der Waals surface area contributed by atoms with Gasteiger partial charge in [0, 0.05) is 76.0 Å². The Labute approximate surface area is 394 Å². The number of amides is 5. The lowest BCUT2D eigenvalue weighted by atomic mass is 10.0. The first-order valence-corrected chi connectivity index (χ1v) is 23.0. The van der Waals surface area contributed by atoms with Crippen molar-refractivity contribution >= 4 is 52.5 Å². The van der Waals surface area contributed by atoms with Gasteiger partial charge < -0.3 is 29.4 Å². The number of halogens is 2. The van der Waals surface area contributed by atoms with Crippen molar-refractivity contribution in [2.45, 2.75) is 51.0 Å². The van der Waals surface area contributed by atoms with Gasteiger partial charge in [-0.05, 0) is 80.1 Å². The van der Waals surface area contributed by atoms with E-state index in [1.54, 1.807) is 54.7 Å². The van der Waals surface area contributed by atoms with Crippen molar-refractivity contribution in [3.63, 3.8) is 0 Å². The lowest BCUT2D eigenvalue weighted by Gasteiger charge is -2.36. The molecular formula is C48H50F2N10O9. The van der Waals surface area contributed by atoms with E-state index in [1.165, 1.54) is 23.7 Å². The molecule has 2 aromatic carbocycles. The molecule has 1 aliphatic carbocycles. The maximum Gasteiger partial charge on any atom is 0.284 e. The highest BCUT2D eigenvalue weighted by molar-refractivity contribution is 6.25. The topological polar surface area (TPSA) is 223 Å². The van der Waals surface area contributed by atoms with Gasteiger partial charge in [0.05, 0.1) is 54.2 Å². The number of pyridine rings is 1. The number of anilines is 3. The number of carbonyl (C=O) groups is 6. The quantitative estimate of drug-likeness (QED) is 0.0492. The van der Waals surface area contributed by atoms with Crippen LogP contribution in [0.5, 0.6) is 0 Å². The summed E-state index contributed by atoms with van der Waals surface area (Å²) in [6, 6.07) is 13.9. The number of nitrogens with one attached hydrogen (secondary N) is 3. The first kappa shape index (κ1) is 46.9. The average Bonchev–Trinajstić information content (AvgIpc) is 3.76. The number of ether oxygens (including phenoxy) is 2. The second-order valence-corrected chi connectivity index (χ2v) is 17.2. The summed E-state index contributed by atoms with van der Waals surface area (Å²) in [4.78, 5) is 90.8. The van der Waals surface area contributed by atoms with E-state index in [0.29, 0.717) is 99.8 Å². The third-order valence-corrected chi connectivity index (χ3v) is 12.4. The lowest BCUT2D eigenvalue weighted by molar-refractivity contribution is -0.136. The highest BCUT2D eigenvalue weighted by Gasteiger charge is 2.46. The summed E-state index contributed by atoms with van der Waals surface area (Å²) >= 11 is 0. The summed E-state index contributed by atoms with van der Waals surface area (Å²) in [5.41, 5.74) is 1.69. The highest BCUT2D eigenvalue weighted by Crippen LogP contribution is 2.35. The second kappa shape index (κ2) is 21.0. The first-order chi connectivity index (χ1) is 33.5. The molecule has 4 aliphatic rings. The number of carbonyl (C=O) groups excluding carboxylic acids is 6. The van der Waals surface area contributed by atoms with Gasteiger partial charge in [-0.25, -0.2) is 23.4 Å². The molecule has 69 heavy (non-hydrogen) atoms. The van der Waals surface area contributed by atoms with Crippen LogP contribution in [0.15, 0.2) is 77.7 Å². The number of nitrogens with zero attached hydrogens (tertiary/aromatic N) is 7. The minimum absolute atomic E-state index is 0.0580. The molecule has 1 atom stereocenters. The van der Waals surface area contributed by atoms with Crippen LogP contribution in [-0.4, -0.2) is 137 Å². The molecule has 6 heterocycles. The molecule has 21 heteroatoms. The molecule has 2 saturated heterocycles. The van der Waals surface area contributed by atoms with Crippen molar-refractivity contribution in [3.8, 4) is 17.1 Å². The maximum atomic E-state index is 14.1. The lowest BCUT2D eigenvalue weighted by Crippen LogP contribution is -2.54. The number of fused-ring (bicyclic) bond motifs is 1. The Morgan fingerprint density at radius 2 is 1.70 bits per heavy atom. The summed E-state index contributed by atoms with van der Waals surface area (Å²) in [5.74, 6) is -1.51. The van der Waals surface area contributed by atoms with E-state index in [1.807, 2.05) is 6.07 Å². The molecule has 0 spiro atoms. The normalized spacial score (nSPS) is 17.4. The molecule has 3 aromatic heterocycles. The van der Waals surface area contributed by atoms with Crippen LogP contribution < -0.4 is 20.9 Å². The maximum absolute atomic E-state index is 14.1. The number of oxazole rings is 1. The molecular weight excluding hydrogens is 899 g/mol. The molecule has 360 valence electrons. The van der Waals surface area contributed by atoms with Crippen LogP contribution in [0.1, 0.15) is 92.2 Å². The van der Waals surface area contributed by atoms with E-state index in [2.05, 4.69) is 40.8 Å². The molecule has 3 fully saturated rings. The fourth-order valence-corrected chi connectivity index (χ4v) is 8.47. The van der Waals surface area contributed by atoms with Gasteiger partial charge in [-0.1, -0.05) is 6.07 Å². The fraction of sp³-hybridized carbons (Fsp3) is 0.396.